The zero-order valence-electron chi connectivity index (χ0n) is 16.9. The summed E-state index contributed by atoms with van der Waals surface area (Å²) in [4.78, 5) is 18.7. The summed E-state index contributed by atoms with van der Waals surface area (Å²) < 4.78 is 0.893. The van der Waals surface area contributed by atoms with Gasteiger partial charge in [-0.3, -0.25) is 14.7 Å². The zero-order chi connectivity index (χ0) is 19.5. The predicted octanol–water partition coefficient (Wildman–Crippen LogP) is 3.08. The molecule has 8 heteroatoms. The van der Waals surface area contributed by atoms with Crippen LogP contribution in [0.3, 0.4) is 0 Å². The molecule has 1 amide bonds. The molecule has 0 spiro atoms. The molecule has 0 aromatic heterocycles. The summed E-state index contributed by atoms with van der Waals surface area (Å²) in [7, 11) is 1.75. The van der Waals surface area contributed by atoms with Crippen molar-refractivity contribution in [2.75, 3.05) is 33.2 Å². The van der Waals surface area contributed by atoms with E-state index in [1.807, 2.05) is 12.1 Å². The van der Waals surface area contributed by atoms with E-state index in [1.54, 1.807) is 19.2 Å². The van der Waals surface area contributed by atoms with Crippen molar-refractivity contribution in [2.45, 2.75) is 39.8 Å². The molecule has 0 aliphatic rings. The van der Waals surface area contributed by atoms with Crippen LogP contribution in [0, 0.1) is 0 Å². The van der Waals surface area contributed by atoms with Gasteiger partial charge < -0.3 is 16.0 Å². The van der Waals surface area contributed by atoms with Crippen molar-refractivity contribution in [3.05, 3.63) is 34.3 Å². The normalized spacial score (nSPS) is 11.5. The first-order valence-corrected chi connectivity index (χ1v) is 9.88. The summed E-state index contributed by atoms with van der Waals surface area (Å²) >= 11 is 3.37. The van der Waals surface area contributed by atoms with Crippen LogP contribution in [0.2, 0.25) is 0 Å². The fourth-order valence-corrected chi connectivity index (χ4v) is 3.12. The van der Waals surface area contributed by atoms with Crippen LogP contribution in [0.5, 0.6) is 0 Å². The van der Waals surface area contributed by atoms with Gasteiger partial charge in [0.05, 0.1) is 0 Å². The Labute approximate surface area is 189 Å². The Bertz CT molecular complexity index is 587. The van der Waals surface area contributed by atoms with Crippen molar-refractivity contribution in [3.63, 3.8) is 0 Å². The standard InChI is InChI=1S/C19H32BrN5O.HI/c1-14(2)25(15(3)4)12-11-24-19(21-5)23-10-9-22-18(26)16-7-6-8-17(20)13-16;/h6-8,13-15H,9-12H2,1-5H3,(H,22,26)(H2,21,23,24);1H. The lowest BCUT2D eigenvalue weighted by Gasteiger charge is -2.30. The molecular weight excluding hydrogens is 521 g/mol. The van der Waals surface area contributed by atoms with E-state index in [1.165, 1.54) is 0 Å². The largest absolute Gasteiger partial charge is 0.355 e. The number of guanidine groups is 1. The summed E-state index contributed by atoms with van der Waals surface area (Å²) in [5.41, 5.74) is 0.643. The van der Waals surface area contributed by atoms with Crippen molar-refractivity contribution in [1.82, 2.24) is 20.9 Å². The summed E-state index contributed by atoms with van der Waals surface area (Å²) in [6.45, 7) is 11.7. The first-order chi connectivity index (χ1) is 12.3. The second-order valence-corrected chi connectivity index (χ2v) is 7.53. The van der Waals surface area contributed by atoms with Crippen molar-refractivity contribution in [1.29, 1.82) is 0 Å². The monoisotopic (exact) mass is 553 g/mol. The van der Waals surface area contributed by atoms with Gasteiger partial charge in [0.1, 0.15) is 0 Å². The molecule has 6 nitrogen and oxygen atoms in total. The van der Waals surface area contributed by atoms with Crippen LogP contribution < -0.4 is 16.0 Å². The molecule has 0 atom stereocenters. The third kappa shape index (κ3) is 10.3. The molecule has 0 heterocycles. The maximum Gasteiger partial charge on any atom is 0.251 e. The van der Waals surface area contributed by atoms with Gasteiger partial charge >= 0.3 is 0 Å². The first-order valence-electron chi connectivity index (χ1n) is 9.09. The highest BCUT2D eigenvalue weighted by Gasteiger charge is 2.12. The van der Waals surface area contributed by atoms with E-state index >= 15 is 0 Å². The highest BCUT2D eigenvalue weighted by Crippen LogP contribution is 2.11. The molecular formula is C19H33BrIN5O. The number of benzene rings is 1. The van der Waals surface area contributed by atoms with Crippen LogP contribution in [-0.4, -0.2) is 62.1 Å². The number of nitrogens with zero attached hydrogens (tertiary/aromatic N) is 2. The minimum Gasteiger partial charge on any atom is -0.355 e. The smallest absolute Gasteiger partial charge is 0.251 e. The van der Waals surface area contributed by atoms with E-state index in [0.717, 1.165) is 23.5 Å². The quantitative estimate of drug-likeness (QED) is 0.190. The highest BCUT2D eigenvalue weighted by molar-refractivity contribution is 14.0. The Hall–Kier alpha value is -0.870. The Kier molecular flexibility index (Phi) is 13.7. The Morgan fingerprint density at radius 3 is 2.22 bits per heavy atom. The number of nitrogens with one attached hydrogen (secondary N) is 3. The second kappa shape index (κ2) is 14.2. The first kappa shape index (κ1) is 26.1. The van der Waals surface area contributed by atoms with E-state index in [9.17, 15) is 4.79 Å². The topological polar surface area (TPSA) is 68.8 Å². The van der Waals surface area contributed by atoms with E-state index in [0.29, 0.717) is 30.7 Å². The number of halogens is 2. The molecule has 0 unspecified atom stereocenters. The number of carbonyl (C=O) groups excluding carboxylic acids is 1. The molecule has 0 radical (unpaired) electrons. The minimum atomic E-state index is -0.0828. The third-order valence-electron chi connectivity index (χ3n) is 4.00. The predicted molar refractivity (Wildman–Crippen MR) is 128 cm³/mol. The molecule has 1 aromatic carbocycles. The van der Waals surface area contributed by atoms with E-state index in [-0.39, 0.29) is 29.9 Å². The number of hydrogen-bond acceptors (Lipinski definition) is 3. The molecule has 0 fully saturated rings. The Morgan fingerprint density at radius 1 is 1.07 bits per heavy atom. The maximum atomic E-state index is 12.1. The number of hydrogen-bond donors (Lipinski definition) is 3. The molecule has 1 rings (SSSR count). The number of carbonyl (C=O) groups is 1. The lowest BCUT2D eigenvalue weighted by atomic mass is 10.2. The fourth-order valence-electron chi connectivity index (χ4n) is 2.73. The summed E-state index contributed by atoms with van der Waals surface area (Å²) in [6.07, 6.45) is 0. The lowest BCUT2D eigenvalue weighted by molar-refractivity contribution is 0.0954. The van der Waals surface area contributed by atoms with Crippen LogP contribution >= 0.6 is 39.9 Å². The highest BCUT2D eigenvalue weighted by atomic mass is 127. The van der Waals surface area contributed by atoms with Crippen molar-refractivity contribution in [3.8, 4) is 0 Å². The van der Waals surface area contributed by atoms with Gasteiger partial charge in [0.2, 0.25) is 0 Å². The maximum absolute atomic E-state index is 12.1. The summed E-state index contributed by atoms with van der Waals surface area (Å²) in [5.74, 6) is 0.662. The van der Waals surface area contributed by atoms with E-state index in [2.05, 4.69) is 69.5 Å². The van der Waals surface area contributed by atoms with Crippen molar-refractivity contribution in [2.24, 2.45) is 4.99 Å². The summed E-state index contributed by atoms with van der Waals surface area (Å²) in [5, 5.41) is 9.43. The van der Waals surface area contributed by atoms with Gasteiger partial charge in [-0.25, -0.2) is 0 Å². The molecule has 27 heavy (non-hydrogen) atoms. The molecule has 3 N–H and O–H groups in total. The third-order valence-corrected chi connectivity index (χ3v) is 4.50. The number of rotatable bonds is 9. The Morgan fingerprint density at radius 2 is 1.67 bits per heavy atom. The molecule has 154 valence electrons. The summed E-state index contributed by atoms with van der Waals surface area (Å²) in [6, 6.07) is 8.37. The van der Waals surface area contributed by atoms with Crippen LogP contribution in [0.15, 0.2) is 33.7 Å². The molecule has 0 saturated heterocycles. The van der Waals surface area contributed by atoms with Crippen LogP contribution in [-0.2, 0) is 0 Å². The molecule has 0 aliphatic carbocycles. The van der Waals surface area contributed by atoms with Crippen molar-refractivity contribution < 1.29 is 4.79 Å². The van der Waals surface area contributed by atoms with E-state index in [4.69, 9.17) is 0 Å². The van der Waals surface area contributed by atoms with Crippen LogP contribution in [0.4, 0.5) is 0 Å². The average Bonchev–Trinajstić information content (AvgIpc) is 2.59. The molecule has 0 saturated carbocycles. The number of aliphatic imine (C=N–C) groups is 1. The minimum absolute atomic E-state index is 0. The fraction of sp³-hybridized carbons (Fsp3) is 0.579. The number of amides is 1. The van der Waals surface area contributed by atoms with Crippen LogP contribution in [0.25, 0.3) is 0 Å². The SMILES string of the molecule is CN=C(NCCNC(=O)c1cccc(Br)c1)NCCN(C(C)C)C(C)C.I. The van der Waals surface area contributed by atoms with Gasteiger partial charge in [0.25, 0.3) is 5.91 Å². The van der Waals surface area contributed by atoms with Gasteiger partial charge in [0.15, 0.2) is 5.96 Å². The van der Waals surface area contributed by atoms with Crippen molar-refractivity contribution >= 4 is 51.8 Å². The van der Waals surface area contributed by atoms with Gasteiger partial charge in [-0.05, 0) is 45.9 Å². The van der Waals surface area contributed by atoms with E-state index < -0.39 is 0 Å². The molecule has 0 aliphatic heterocycles. The molecule has 0 bridgehead atoms. The van der Waals surface area contributed by atoms with Gasteiger partial charge in [-0.2, -0.15) is 0 Å². The Balaban J connectivity index is 0.00000676. The van der Waals surface area contributed by atoms with Gasteiger partial charge in [-0.15, -0.1) is 24.0 Å². The van der Waals surface area contributed by atoms with Gasteiger partial charge in [0, 0.05) is 55.3 Å². The lowest BCUT2D eigenvalue weighted by Crippen LogP contribution is -2.46. The average molecular weight is 554 g/mol. The second-order valence-electron chi connectivity index (χ2n) is 6.62. The zero-order valence-corrected chi connectivity index (χ0v) is 20.8. The van der Waals surface area contributed by atoms with Crippen LogP contribution in [0.1, 0.15) is 38.1 Å². The van der Waals surface area contributed by atoms with Gasteiger partial charge in [-0.1, -0.05) is 22.0 Å². The molecule has 1 aromatic rings.